The molecule has 0 fully saturated rings. The molecule has 188 valence electrons. The maximum atomic E-state index is 13.5. The summed E-state index contributed by atoms with van der Waals surface area (Å²) in [5.41, 5.74) is -0.357. The number of carbonyl (C=O) groups excluding carboxylic acids is 2. The second-order valence-electron chi connectivity index (χ2n) is 8.40. The van der Waals surface area contributed by atoms with Crippen LogP contribution in [-0.4, -0.2) is 70.8 Å². The molecular weight excluding hydrogens is 481 g/mol. The molecule has 1 atom stereocenters. The summed E-state index contributed by atoms with van der Waals surface area (Å²) in [5, 5.41) is 12.9. The van der Waals surface area contributed by atoms with Crippen molar-refractivity contribution < 1.29 is 27.5 Å². The van der Waals surface area contributed by atoms with Crippen LogP contribution in [-0.2, 0) is 28.2 Å². The molecule has 1 aromatic carbocycles. The van der Waals surface area contributed by atoms with Crippen LogP contribution in [0.3, 0.4) is 0 Å². The van der Waals surface area contributed by atoms with Gasteiger partial charge in [0.1, 0.15) is 11.6 Å². The molecule has 3 rings (SSSR count). The third kappa shape index (κ3) is 5.25. The largest absolute Gasteiger partial charge is 0.501 e. The highest BCUT2D eigenvalue weighted by Crippen LogP contribution is 2.29. The fourth-order valence-electron chi connectivity index (χ4n) is 3.92. The van der Waals surface area contributed by atoms with E-state index in [4.69, 9.17) is 0 Å². The second kappa shape index (κ2) is 10.4. The van der Waals surface area contributed by atoms with E-state index in [1.807, 2.05) is 0 Å². The quantitative estimate of drug-likeness (QED) is 0.559. The molecule has 0 aliphatic carbocycles. The van der Waals surface area contributed by atoms with Crippen LogP contribution < -0.4 is 10.9 Å². The van der Waals surface area contributed by atoms with Crippen molar-refractivity contribution in [3.63, 3.8) is 0 Å². The number of nitrogens with one attached hydrogen (secondary N) is 1. The Morgan fingerprint density at radius 3 is 2.57 bits per heavy atom. The highest BCUT2D eigenvalue weighted by Gasteiger charge is 2.34. The van der Waals surface area contributed by atoms with Gasteiger partial charge in [-0.1, -0.05) is 12.1 Å². The van der Waals surface area contributed by atoms with Crippen molar-refractivity contribution in [1.29, 1.82) is 0 Å². The van der Waals surface area contributed by atoms with Crippen molar-refractivity contribution in [3.8, 4) is 5.75 Å². The summed E-state index contributed by atoms with van der Waals surface area (Å²) < 4.78 is 37.8. The molecule has 0 bridgehead atoms. The van der Waals surface area contributed by atoms with E-state index in [0.717, 1.165) is 9.80 Å². The summed E-state index contributed by atoms with van der Waals surface area (Å²) in [5.74, 6) is -2.79. The van der Waals surface area contributed by atoms with E-state index in [1.165, 1.54) is 37.8 Å². The molecule has 11 nitrogen and oxygen atoms in total. The highest BCUT2D eigenvalue weighted by atomic mass is 32.2. The van der Waals surface area contributed by atoms with Crippen molar-refractivity contribution in [2.75, 3.05) is 21.1 Å². The molecule has 35 heavy (non-hydrogen) atoms. The van der Waals surface area contributed by atoms with Gasteiger partial charge in [-0.3, -0.25) is 23.9 Å². The molecule has 1 aromatic heterocycles. The summed E-state index contributed by atoms with van der Waals surface area (Å²) in [6.07, 6.45) is 0.825. The van der Waals surface area contributed by atoms with Gasteiger partial charge in [0.15, 0.2) is 5.69 Å². The fraction of sp³-hybridized carbons (Fsp3) is 0.409. The van der Waals surface area contributed by atoms with Gasteiger partial charge in [0.25, 0.3) is 17.4 Å². The number of halogens is 1. The van der Waals surface area contributed by atoms with Crippen molar-refractivity contribution in [1.82, 2.24) is 24.7 Å². The Kier molecular flexibility index (Phi) is 7.70. The number of hydrogen-bond donors (Lipinski definition) is 2. The van der Waals surface area contributed by atoms with E-state index >= 15 is 0 Å². The lowest BCUT2D eigenvalue weighted by Gasteiger charge is -2.33. The first-order chi connectivity index (χ1) is 16.4. The smallest absolute Gasteiger partial charge is 0.296 e. The molecule has 0 saturated heterocycles. The van der Waals surface area contributed by atoms with Gasteiger partial charge in [-0.2, -0.15) is 8.42 Å². The fourth-order valence-corrected chi connectivity index (χ4v) is 4.50. The molecule has 2 N–H and O–H groups in total. The minimum Gasteiger partial charge on any atom is -0.501 e. The molecule has 13 heteroatoms. The highest BCUT2D eigenvalue weighted by molar-refractivity contribution is 7.74. The number of hydrogen-bond acceptors (Lipinski definition) is 7. The second-order valence-corrected chi connectivity index (χ2v) is 9.25. The van der Waals surface area contributed by atoms with Crippen LogP contribution in [0.25, 0.3) is 0 Å². The summed E-state index contributed by atoms with van der Waals surface area (Å²) in [7, 11) is 1.41. The van der Waals surface area contributed by atoms with Crippen molar-refractivity contribution in [2.24, 2.45) is 0 Å². The summed E-state index contributed by atoms with van der Waals surface area (Å²) in [6.45, 7) is 1.79. The van der Waals surface area contributed by atoms with Crippen LogP contribution in [0.2, 0.25) is 0 Å². The molecule has 0 saturated carbocycles. The molecule has 2 aromatic rings. The Hall–Kier alpha value is -3.58. The average molecular weight is 508 g/mol. The number of benzene rings is 1. The van der Waals surface area contributed by atoms with Crippen LogP contribution >= 0.6 is 0 Å². The molecule has 0 radical (unpaired) electrons. The number of fused-ring (bicyclic) bond motifs is 1. The van der Waals surface area contributed by atoms with Gasteiger partial charge in [0.2, 0.25) is 21.0 Å². The van der Waals surface area contributed by atoms with Gasteiger partial charge >= 0.3 is 0 Å². The number of aryl methyl sites for hydroxylation is 1. The maximum absolute atomic E-state index is 13.5. The topological polar surface area (TPSA) is 142 Å². The predicted octanol–water partition coefficient (Wildman–Crippen LogP) is 0.190. The number of nitrogens with zero attached hydrogens (tertiary/aromatic N) is 4. The zero-order valence-electron chi connectivity index (χ0n) is 19.7. The number of likely N-dealkylation sites (N-methyl/N-ethyl adjacent to an activating group) is 2. The van der Waals surface area contributed by atoms with Gasteiger partial charge in [-0.25, -0.2) is 9.37 Å². The molecule has 1 aliphatic rings. The third-order valence-corrected chi connectivity index (χ3v) is 6.61. The Morgan fingerprint density at radius 2 is 1.97 bits per heavy atom. The molecular formula is C22H26FN5O6S. The lowest BCUT2D eigenvalue weighted by atomic mass is 10.0. The monoisotopic (exact) mass is 507 g/mol. The van der Waals surface area contributed by atoms with Crippen molar-refractivity contribution in [3.05, 3.63) is 57.0 Å². The normalized spacial score (nSPS) is 14.9. The molecule has 1 aliphatic heterocycles. The first-order valence-electron chi connectivity index (χ1n) is 10.7. The maximum Gasteiger partial charge on any atom is 0.296 e. The van der Waals surface area contributed by atoms with E-state index in [9.17, 15) is 32.3 Å². The average Bonchev–Trinajstić information content (AvgIpc) is 2.80. The van der Waals surface area contributed by atoms with Crippen LogP contribution in [0, 0.1) is 12.7 Å². The van der Waals surface area contributed by atoms with Crippen LogP contribution in [0.5, 0.6) is 5.75 Å². The Morgan fingerprint density at radius 1 is 1.29 bits per heavy atom. The number of aromatic nitrogens is 2. The van der Waals surface area contributed by atoms with Crippen molar-refractivity contribution in [2.45, 2.75) is 38.9 Å². The predicted molar refractivity (Wildman–Crippen MR) is 125 cm³/mol. The Balaban J connectivity index is 1.95. The number of amides is 2. The third-order valence-electron chi connectivity index (χ3n) is 5.76. The standard InChI is InChI=1S/C22H26FN5O6S/c1-12-10-13(7-8-14(12)23)11-24-19(30)16-17(29)20(31)28-9-5-6-15(18(28)25-16)27(4)21(32)22(26(2)3)35(33)34/h7-8,10,15,29H,5-6,9,11H2,1-4H3,(H,24,30). The Labute approximate surface area is 202 Å². The van der Waals surface area contributed by atoms with E-state index < -0.39 is 50.1 Å². The van der Waals surface area contributed by atoms with Crippen LogP contribution in [0.1, 0.15) is 46.3 Å². The first kappa shape index (κ1) is 26.0. The zero-order chi connectivity index (χ0) is 26.0. The van der Waals surface area contributed by atoms with Crippen LogP contribution in [0.4, 0.5) is 4.39 Å². The first-order valence-corrected chi connectivity index (χ1v) is 11.8. The van der Waals surface area contributed by atoms with Gasteiger partial charge in [-0.05, 0) is 51.1 Å². The lowest BCUT2D eigenvalue weighted by Crippen LogP contribution is -2.46. The molecule has 2 heterocycles. The van der Waals surface area contributed by atoms with Crippen LogP contribution in [0.15, 0.2) is 23.0 Å². The van der Waals surface area contributed by atoms with E-state index in [-0.39, 0.29) is 24.7 Å². The molecule has 1 unspecified atom stereocenters. The SMILES string of the molecule is Cc1cc(CNC(=O)c2nc3n(c(=O)c2O)CCCC3N(C)C(=O)C(N(C)C)=S(=O)=O)ccc1F. The molecule has 2 amide bonds. The summed E-state index contributed by atoms with van der Waals surface area (Å²) in [6, 6.07) is 3.50. The minimum absolute atomic E-state index is 0.00220. The van der Waals surface area contributed by atoms with Gasteiger partial charge < -0.3 is 15.3 Å². The minimum atomic E-state index is -2.81. The number of aromatic hydroxyl groups is 1. The number of rotatable bonds is 4. The zero-order valence-corrected chi connectivity index (χ0v) is 20.5. The van der Waals surface area contributed by atoms with E-state index in [2.05, 4.69) is 10.3 Å². The van der Waals surface area contributed by atoms with Gasteiger partial charge in [0, 0.05) is 20.1 Å². The number of carbonyl (C=O) groups is 2. The Bertz CT molecular complexity index is 1380. The summed E-state index contributed by atoms with van der Waals surface area (Å²) >= 11 is 0. The van der Waals surface area contributed by atoms with E-state index in [1.54, 1.807) is 13.0 Å². The van der Waals surface area contributed by atoms with E-state index in [0.29, 0.717) is 24.0 Å². The lowest BCUT2D eigenvalue weighted by molar-refractivity contribution is -0.126. The molecule has 0 spiro atoms. The van der Waals surface area contributed by atoms with Crippen molar-refractivity contribution >= 4 is 27.1 Å². The van der Waals surface area contributed by atoms with Gasteiger partial charge in [-0.15, -0.1) is 0 Å². The summed E-state index contributed by atoms with van der Waals surface area (Å²) in [4.78, 5) is 44.6. The van der Waals surface area contributed by atoms with Gasteiger partial charge in [0.05, 0.1) is 6.04 Å².